The summed E-state index contributed by atoms with van der Waals surface area (Å²) in [5, 5.41) is 11.9. The maximum Gasteiger partial charge on any atom is 0.258 e. The van der Waals surface area contributed by atoms with Gasteiger partial charge >= 0.3 is 0 Å². The molecule has 4 N–H and O–H groups in total. The Hall–Kier alpha value is -2.57. The zero-order valence-corrected chi connectivity index (χ0v) is 10.2. The Morgan fingerprint density at radius 1 is 1.47 bits per heavy atom. The van der Waals surface area contributed by atoms with Gasteiger partial charge in [-0.25, -0.2) is 0 Å². The minimum absolute atomic E-state index is 0.0330. The van der Waals surface area contributed by atoms with Crippen molar-refractivity contribution in [1.29, 1.82) is 0 Å². The van der Waals surface area contributed by atoms with Crippen molar-refractivity contribution in [2.75, 3.05) is 12.3 Å². The molecule has 0 aliphatic carbocycles. The van der Waals surface area contributed by atoms with Crippen LogP contribution in [0.1, 0.15) is 17.3 Å². The van der Waals surface area contributed by atoms with Gasteiger partial charge in [-0.15, -0.1) is 0 Å². The lowest BCUT2D eigenvalue weighted by Gasteiger charge is -2.31. The highest BCUT2D eigenvalue weighted by Crippen LogP contribution is 2.26. The van der Waals surface area contributed by atoms with E-state index in [4.69, 9.17) is 5.73 Å². The molecule has 7 heteroatoms. The van der Waals surface area contributed by atoms with Crippen LogP contribution >= 0.6 is 0 Å². The molecule has 2 rings (SSSR count). The van der Waals surface area contributed by atoms with E-state index in [-0.39, 0.29) is 23.5 Å². The number of nitrogens with one attached hydrogen (secondary N) is 1. The number of benzene rings is 1. The molecule has 1 aromatic carbocycles. The zero-order chi connectivity index (χ0) is 14.2. The molecule has 0 aromatic heterocycles. The average molecular weight is 263 g/mol. The van der Waals surface area contributed by atoms with Crippen LogP contribution in [0.3, 0.4) is 0 Å². The number of hydrogen-bond donors (Lipinski definition) is 3. The molecule has 0 spiro atoms. The van der Waals surface area contributed by atoms with Crippen LogP contribution in [-0.2, 0) is 9.59 Å². The number of phenolic OH excluding ortho intramolecular Hbond substituents is 1. The number of piperazine rings is 1. The maximum atomic E-state index is 12.3. The zero-order valence-electron chi connectivity index (χ0n) is 10.2. The van der Waals surface area contributed by atoms with Gasteiger partial charge in [-0.05, 0) is 19.1 Å². The molecule has 19 heavy (non-hydrogen) atoms. The van der Waals surface area contributed by atoms with E-state index in [1.54, 1.807) is 0 Å². The summed E-state index contributed by atoms with van der Waals surface area (Å²) in [4.78, 5) is 36.1. The Balaban J connectivity index is 2.35. The van der Waals surface area contributed by atoms with E-state index in [0.29, 0.717) is 0 Å². The van der Waals surface area contributed by atoms with Crippen molar-refractivity contribution in [3.05, 3.63) is 23.8 Å². The smallest absolute Gasteiger partial charge is 0.258 e. The van der Waals surface area contributed by atoms with Gasteiger partial charge in [0.1, 0.15) is 12.6 Å². The van der Waals surface area contributed by atoms with Crippen molar-refractivity contribution < 1.29 is 19.5 Å². The molecule has 1 saturated heterocycles. The number of para-hydroxylation sites is 1. The minimum Gasteiger partial charge on any atom is -0.505 e. The van der Waals surface area contributed by atoms with Crippen LogP contribution in [0.4, 0.5) is 5.69 Å². The number of nitrogens with zero attached hydrogens (tertiary/aromatic N) is 1. The van der Waals surface area contributed by atoms with Crippen molar-refractivity contribution in [3.63, 3.8) is 0 Å². The lowest BCUT2D eigenvalue weighted by molar-refractivity contribution is -0.138. The molecular formula is C12H13N3O4. The second-order valence-corrected chi connectivity index (χ2v) is 4.26. The van der Waals surface area contributed by atoms with Crippen LogP contribution < -0.4 is 11.1 Å². The predicted molar refractivity (Wildman–Crippen MR) is 66.2 cm³/mol. The van der Waals surface area contributed by atoms with E-state index in [0.717, 1.165) is 4.90 Å². The lowest BCUT2D eigenvalue weighted by atomic mass is 10.1. The fourth-order valence-corrected chi connectivity index (χ4v) is 1.85. The van der Waals surface area contributed by atoms with Crippen LogP contribution in [0.2, 0.25) is 0 Å². The van der Waals surface area contributed by atoms with Crippen LogP contribution in [-0.4, -0.2) is 40.3 Å². The summed E-state index contributed by atoms with van der Waals surface area (Å²) in [6.07, 6.45) is 0. The quantitative estimate of drug-likeness (QED) is 0.358. The molecule has 0 radical (unpaired) electrons. The maximum absolute atomic E-state index is 12.3. The van der Waals surface area contributed by atoms with Gasteiger partial charge in [-0.2, -0.15) is 0 Å². The number of imide groups is 1. The summed E-state index contributed by atoms with van der Waals surface area (Å²) in [6, 6.07) is 3.56. The molecule has 0 saturated carbocycles. The number of hydrogen-bond acceptors (Lipinski definition) is 5. The molecule has 100 valence electrons. The highest BCUT2D eigenvalue weighted by molar-refractivity contribution is 6.08. The van der Waals surface area contributed by atoms with Crippen molar-refractivity contribution in [3.8, 4) is 5.75 Å². The number of aromatic hydroxyl groups is 1. The number of phenols is 1. The standard InChI is InChI=1S/C12H13N3O4/c1-6-11(18)14-9(16)5-15(6)12(19)7-3-2-4-8(13)10(7)17/h2-4,6,17H,5,13H2,1H3,(H,14,16,18). The molecule has 3 amide bonds. The van der Waals surface area contributed by atoms with E-state index >= 15 is 0 Å². The third-order valence-corrected chi connectivity index (χ3v) is 2.98. The van der Waals surface area contributed by atoms with Crippen LogP contribution in [0, 0.1) is 0 Å². The molecule has 1 aliphatic rings. The van der Waals surface area contributed by atoms with Crippen molar-refractivity contribution >= 4 is 23.4 Å². The molecule has 0 bridgehead atoms. The van der Waals surface area contributed by atoms with Crippen LogP contribution in [0.5, 0.6) is 5.75 Å². The van der Waals surface area contributed by atoms with Gasteiger partial charge in [0.25, 0.3) is 5.91 Å². The normalized spacial score (nSPS) is 19.2. The fraction of sp³-hybridized carbons (Fsp3) is 0.250. The Morgan fingerprint density at radius 2 is 2.16 bits per heavy atom. The molecule has 7 nitrogen and oxygen atoms in total. The molecule has 1 heterocycles. The van der Waals surface area contributed by atoms with Crippen molar-refractivity contribution in [1.82, 2.24) is 10.2 Å². The summed E-state index contributed by atoms with van der Waals surface area (Å²) in [7, 11) is 0. The monoisotopic (exact) mass is 263 g/mol. The van der Waals surface area contributed by atoms with Crippen LogP contribution in [0.15, 0.2) is 18.2 Å². The van der Waals surface area contributed by atoms with Gasteiger partial charge in [-0.1, -0.05) is 6.07 Å². The van der Waals surface area contributed by atoms with Gasteiger partial charge in [0.2, 0.25) is 11.8 Å². The van der Waals surface area contributed by atoms with Gasteiger partial charge in [0.15, 0.2) is 5.75 Å². The molecule has 1 unspecified atom stereocenters. The first-order valence-electron chi connectivity index (χ1n) is 5.64. The number of rotatable bonds is 1. The Bertz CT molecular complexity index is 570. The SMILES string of the molecule is CC1C(=O)NC(=O)CN1C(=O)c1cccc(N)c1O. The molecular weight excluding hydrogens is 250 g/mol. The van der Waals surface area contributed by atoms with E-state index in [2.05, 4.69) is 5.32 Å². The summed E-state index contributed by atoms with van der Waals surface area (Å²) >= 11 is 0. The third kappa shape index (κ3) is 2.22. The first-order chi connectivity index (χ1) is 8.91. The van der Waals surface area contributed by atoms with E-state index in [9.17, 15) is 19.5 Å². The summed E-state index contributed by atoms with van der Waals surface area (Å²) in [6.45, 7) is 1.27. The van der Waals surface area contributed by atoms with E-state index in [1.165, 1.54) is 25.1 Å². The Kier molecular flexibility index (Phi) is 3.12. The van der Waals surface area contributed by atoms with Gasteiger partial charge < -0.3 is 15.7 Å². The van der Waals surface area contributed by atoms with Gasteiger partial charge in [-0.3, -0.25) is 19.7 Å². The number of carbonyl (C=O) groups is 3. The predicted octanol–water partition coefficient (Wildman–Crippen LogP) is -0.538. The highest BCUT2D eigenvalue weighted by atomic mass is 16.3. The molecule has 1 aromatic rings. The third-order valence-electron chi connectivity index (χ3n) is 2.98. The average Bonchev–Trinajstić information content (AvgIpc) is 2.36. The minimum atomic E-state index is -0.786. The molecule has 1 aliphatic heterocycles. The van der Waals surface area contributed by atoms with Gasteiger partial charge in [0, 0.05) is 0 Å². The highest BCUT2D eigenvalue weighted by Gasteiger charge is 2.34. The topological polar surface area (TPSA) is 113 Å². The number of anilines is 1. The summed E-state index contributed by atoms with van der Waals surface area (Å²) in [5.74, 6) is -2.06. The number of nitrogens with two attached hydrogens (primary N) is 1. The lowest BCUT2D eigenvalue weighted by Crippen LogP contribution is -2.58. The summed E-state index contributed by atoms with van der Waals surface area (Å²) < 4.78 is 0. The molecule has 1 fully saturated rings. The summed E-state index contributed by atoms with van der Waals surface area (Å²) in [5.41, 5.74) is 5.54. The number of amides is 3. The van der Waals surface area contributed by atoms with E-state index < -0.39 is 23.8 Å². The van der Waals surface area contributed by atoms with E-state index in [1.807, 2.05) is 0 Å². The number of carbonyl (C=O) groups excluding carboxylic acids is 3. The molecule has 1 atom stereocenters. The number of nitrogen functional groups attached to an aromatic ring is 1. The van der Waals surface area contributed by atoms with Crippen LogP contribution in [0.25, 0.3) is 0 Å². The Labute approximate surface area is 109 Å². The van der Waals surface area contributed by atoms with Crippen molar-refractivity contribution in [2.45, 2.75) is 13.0 Å². The second-order valence-electron chi connectivity index (χ2n) is 4.26. The first kappa shape index (κ1) is 12.9. The van der Waals surface area contributed by atoms with Crippen molar-refractivity contribution in [2.24, 2.45) is 0 Å². The largest absolute Gasteiger partial charge is 0.505 e. The fourth-order valence-electron chi connectivity index (χ4n) is 1.85. The first-order valence-corrected chi connectivity index (χ1v) is 5.64. The Morgan fingerprint density at radius 3 is 2.84 bits per heavy atom. The van der Waals surface area contributed by atoms with Gasteiger partial charge in [0.05, 0.1) is 11.3 Å². The second kappa shape index (κ2) is 4.60.